The van der Waals surface area contributed by atoms with Gasteiger partial charge in [-0.15, -0.1) is 6.58 Å². The van der Waals surface area contributed by atoms with Crippen LogP contribution in [0.2, 0.25) is 0 Å². The molecule has 130 valence electrons. The van der Waals surface area contributed by atoms with Crippen molar-refractivity contribution in [3.8, 4) is 5.75 Å². The predicted molar refractivity (Wildman–Crippen MR) is 98.8 cm³/mol. The van der Waals surface area contributed by atoms with Gasteiger partial charge in [0.05, 0.1) is 12.0 Å². The lowest BCUT2D eigenvalue weighted by Gasteiger charge is -2.10. The molecule has 24 heavy (non-hydrogen) atoms. The van der Waals surface area contributed by atoms with E-state index >= 15 is 0 Å². The summed E-state index contributed by atoms with van der Waals surface area (Å²) in [6.45, 7) is 13.4. The summed E-state index contributed by atoms with van der Waals surface area (Å²) in [5.74, 6) is 1.60. The number of amidine groups is 1. The average Bonchev–Trinajstić information content (AvgIpc) is 2.84. The Morgan fingerprint density at radius 1 is 1.42 bits per heavy atom. The maximum absolute atomic E-state index is 12.0. The van der Waals surface area contributed by atoms with Gasteiger partial charge in [0.2, 0.25) is 0 Å². The number of fused-ring (bicyclic) bond motifs is 1. The lowest BCUT2D eigenvalue weighted by Crippen LogP contribution is -2.10. The first-order valence-corrected chi connectivity index (χ1v) is 7.87. The summed E-state index contributed by atoms with van der Waals surface area (Å²) in [5.41, 5.74) is 6.47. The van der Waals surface area contributed by atoms with Crippen LogP contribution in [0.1, 0.15) is 43.8 Å². The van der Waals surface area contributed by atoms with Crippen molar-refractivity contribution in [2.45, 2.75) is 34.6 Å². The molecule has 0 fully saturated rings. The van der Waals surface area contributed by atoms with Gasteiger partial charge in [-0.1, -0.05) is 19.9 Å². The van der Waals surface area contributed by atoms with Crippen molar-refractivity contribution in [3.05, 3.63) is 42.2 Å². The van der Waals surface area contributed by atoms with E-state index in [0.29, 0.717) is 29.4 Å². The number of hydrogen-bond acceptors (Lipinski definition) is 3. The van der Waals surface area contributed by atoms with Crippen molar-refractivity contribution < 1.29 is 13.9 Å². The number of hydrogen-bond donors (Lipinski definition) is 1. The summed E-state index contributed by atoms with van der Waals surface area (Å²) in [4.78, 5) is 15.8. The zero-order valence-corrected chi connectivity index (χ0v) is 15.1. The van der Waals surface area contributed by atoms with Crippen LogP contribution in [0.3, 0.4) is 0 Å². The van der Waals surface area contributed by atoms with E-state index in [1.165, 1.54) is 0 Å². The first-order chi connectivity index (χ1) is 11.3. The minimum absolute atomic E-state index is 0.223. The Labute approximate surface area is 143 Å². The summed E-state index contributed by atoms with van der Waals surface area (Å²) in [6.07, 6.45) is 1.75. The maximum atomic E-state index is 12.0. The van der Waals surface area contributed by atoms with E-state index in [2.05, 4.69) is 25.4 Å². The molecule has 0 atom stereocenters. The van der Waals surface area contributed by atoms with Gasteiger partial charge in [0.25, 0.3) is 5.91 Å². The Balaban J connectivity index is 0.000000891. The Morgan fingerprint density at radius 3 is 2.58 bits per heavy atom. The minimum Gasteiger partial charge on any atom is -0.493 e. The third-order valence-electron chi connectivity index (χ3n) is 2.82. The smallest absolute Gasteiger partial charge is 0.278 e. The number of rotatable bonds is 4. The molecule has 5 heteroatoms. The summed E-state index contributed by atoms with van der Waals surface area (Å²) >= 11 is 0. The van der Waals surface area contributed by atoms with Crippen molar-refractivity contribution in [3.63, 3.8) is 0 Å². The number of ether oxygens (including phenoxy) is 1. The van der Waals surface area contributed by atoms with Gasteiger partial charge in [-0.05, 0) is 44.9 Å². The number of nitrogens with two attached hydrogens (primary N) is 1. The van der Waals surface area contributed by atoms with Crippen molar-refractivity contribution in [1.82, 2.24) is 0 Å². The fraction of sp³-hybridized carbons (Fsp3) is 0.368. The molecule has 1 aromatic carbocycles. The third-order valence-corrected chi connectivity index (χ3v) is 2.82. The molecule has 0 spiro atoms. The molecule has 2 N–H and O–H groups in total. The molecule has 1 aromatic heterocycles. The Morgan fingerprint density at radius 2 is 2.04 bits per heavy atom. The van der Waals surface area contributed by atoms with E-state index in [9.17, 15) is 4.79 Å². The molecule has 0 aliphatic carbocycles. The SMILES string of the molecule is C=CC.CC(N)=NC(=O)c1cc(OCC(C)C)c2cc(C)oc2c1. The molecule has 1 amide bonds. The largest absolute Gasteiger partial charge is 0.493 e. The number of aliphatic imine (C=N–C) groups is 1. The summed E-state index contributed by atoms with van der Waals surface area (Å²) < 4.78 is 11.4. The second-order valence-electron chi connectivity index (χ2n) is 5.91. The predicted octanol–water partition coefficient (Wildman–Crippen LogP) is 4.49. The van der Waals surface area contributed by atoms with Crippen LogP contribution >= 0.6 is 0 Å². The zero-order chi connectivity index (χ0) is 18.3. The molecule has 0 radical (unpaired) electrons. The van der Waals surface area contributed by atoms with E-state index in [1.807, 2.05) is 19.9 Å². The minimum atomic E-state index is -0.402. The number of carbonyl (C=O) groups is 1. The van der Waals surface area contributed by atoms with Crippen LogP contribution in [0.5, 0.6) is 5.75 Å². The molecule has 1 heterocycles. The topological polar surface area (TPSA) is 77.8 Å². The highest BCUT2D eigenvalue weighted by molar-refractivity contribution is 6.05. The lowest BCUT2D eigenvalue weighted by molar-refractivity contribution is 0.100. The molecule has 2 aromatic rings. The van der Waals surface area contributed by atoms with Gasteiger partial charge in [0.1, 0.15) is 22.9 Å². The van der Waals surface area contributed by atoms with E-state index < -0.39 is 5.91 Å². The van der Waals surface area contributed by atoms with Crippen LogP contribution in [0, 0.1) is 12.8 Å². The van der Waals surface area contributed by atoms with Crippen LogP contribution in [0.4, 0.5) is 0 Å². The van der Waals surface area contributed by atoms with Crippen molar-refractivity contribution in [2.24, 2.45) is 16.6 Å². The number of amides is 1. The van der Waals surface area contributed by atoms with E-state index in [-0.39, 0.29) is 5.84 Å². The number of aryl methyl sites for hydroxylation is 1. The third kappa shape index (κ3) is 5.57. The van der Waals surface area contributed by atoms with Crippen molar-refractivity contribution in [1.29, 1.82) is 0 Å². The van der Waals surface area contributed by atoms with Gasteiger partial charge in [0, 0.05) is 5.56 Å². The number of nitrogens with zero attached hydrogens (tertiary/aromatic N) is 1. The van der Waals surface area contributed by atoms with Crippen LogP contribution in [0.15, 0.2) is 40.3 Å². The Bertz CT molecular complexity index is 738. The first kappa shape index (κ1) is 19.5. The number of carbonyl (C=O) groups excluding carboxylic acids is 1. The zero-order valence-electron chi connectivity index (χ0n) is 15.1. The standard InChI is InChI=1S/C16H20N2O3.C3H6/c1-9(2)8-20-14-6-12(16(19)18-11(4)17)7-15-13(14)5-10(3)21-15;1-3-2/h5-7,9H,8H2,1-4H3,(H2,17,18,19);3H,1H2,2H3. The second-order valence-corrected chi connectivity index (χ2v) is 5.91. The van der Waals surface area contributed by atoms with Crippen LogP contribution in [-0.4, -0.2) is 18.3 Å². The highest BCUT2D eigenvalue weighted by atomic mass is 16.5. The number of allylic oxidation sites excluding steroid dienone is 1. The molecule has 0 aliphatic heterocycles. The molecule has 5 nitrogen and oxygen atoms in total. The fourth-order valence-corrected chi connectivity index (χ4v) is 1.96. The van der Waals surface area contributed by atoms with E-state index in [0.717, 1.165) is 11.1 Å². The van der Waals surface area contributed by atoms with Gasteiger partial charge in [-0.2, -0.15) is 4.99 Å². The molecule has 0 aliphatic rings. The van der Waals surface area contributed by atoms with Crippen LogP contribution < -0.4 is 10.5 Å². The van der Waals surface area contributed by atoms with Crippen LogP contribution in [-0.2, 0) is 0 Å². The highest BCUT2D eigenvalue weighted by Crippen LogP contribution is 2.31. The van der Waals surface area contributed by atoms with Gasteiger partial charge in [-0.25, -0.2) is 0 Å². The van der Waals surface area contributed by atoms with E-state index in [4.69, 9.17) is 14.9 Å². The van der Waals surface area contributed by atoms with Gasteiger partial charge in [0.15, 0.2) is 0 Å². The van der Waals surface area contributed by atoms with Gasteiger partial charge < -0.3 is 14.9 Å². The molecule has 0 bridgehead atoms. The summed E-state index contributed by atoms with van der Waals surface area (Å²) in [7, 11) is 0. The molecular weight excluding hydrogens is 304 g/mol. The second kappa shape index (κ2) is 8.91. The van der Waals surface area contributed by atoms with Crippen molar-refractivity contribution in [2.75, 3.05) is 6.61 Å². The van der Waals surface area contributed by atoms with Crippen molar-refractivity contribution >= 4 is 22.7 Å². The summed E-state index contributed by atoms with van der Waals surface area (Å²) in [5, 5.41) is 0.859. The Kier molecular flexibility index (Phi) is 7.24. The normalized spacial score (nSPS) is 11.2. The fourth-order valence-electron chi connectivity index (χ4n) is 1.96. The lowest BCUT2D eigenvalue weighted by atomic mass is 10.1. The number of furan rings is 1. The van der Waals surface area contributed by atoms with Gasteiger partial charge >= 0.3 is 0 Å². The molecule has 0 saturated heterocycles. The molecular formula is C19H26N2O3. The number of benzene rings is 1. The average molecular weight is 330 g/mol. The molecule has 0 saturated carbocycles. The Hall–Kier alpha value is -2.56. The van der Waals surface area contributed by atoms with Gasteiger partial charge in [-0.3, -0.25) is 4.79 Å². The van der Waals surface area contributed by atoms with Crippen LogP contribution in [0.25, 0.3) is 11.0 Å². The monoisotopic (exact) mass is 330 g/mol. The molecule has 0 unspecified atom stereocenters. The summed E-state index contributed by atoms with van der Waals surface area (Å²) in [6, 6.07) is 5.25. The molecule has 2 rings (SSSR count). The van der Waals surface area contributed by atoms with E-state index in [1.54, 1.807) is 25.1 Å². The maximum Gasteiger partial charge on any atom is 0.278 e. The highest BCUT2D eigenvalue weighted by Gasteiger charge is 2.14. The first-order valence-electron chi connectivity index (χ1n) is 7.87. The quantitative estimate of drug-likeness (QED) is 0.509.